The number of carbonyl (C=O) groups excluding carboxylic acids is 1. The van der Waals surface area contributed by atoms with Crippen LogP contribution < -0.4 is 0 Å². The molecular weight excluding hydrogens is 104 g/mol. The van der Waals surface area contributed by atoms with Gasteiger partial charge in [0.05, 0.1) is 0 Å². The highest BCUT2D eigenvalue weighted by Gasteiger charge is 1.97. The molecule has 1 rings (SSSR count). The Morgan fingerprint density at radius 2 is 2.62 bits per heavy atom. The third kappa shape index (κ3) is 0.964. The summed E-state index contributed by atoms with van der Waals surface area (Å²) in [6, 6.07) is 0. The van der Waals surface area contributed by atoms with Crippen LogP contribution in [0.5, 0.6) is 0 Å². The molecule has 1 aliphatic rings. The molecule has 0 aliphatic heterocycles. The highest BCUT2D eigenvalue weighted by molar-refractivity contribution is 5.42. The largest absolute Gasteiger partial charge is 0.422 e. The van der Waals surface area contributed by atoms with E-state index in [0.29, 0.717) is 5.76 Å². The van der Waals surface area contributed by atoms with Crippen molar-refractivity contribution in [3.05, 3.63) is 24.0 Å². The van der Waals surface area contributed by atoms with E-state index in [1.165, 1.54) is 6.47 Å². The fraction of sp³-hybridized carbons (Fsp3) is 0.167. The van der Waals surface area contributed by atoms with E-state index < -0.39 is 0 Å². The zero-order valence-corrected chi connectivity index (χ0v) is 4.26. The SMILES string of the molecule is O=[C]OC1=CC=CC1. The van der Waals surface area contributed by atoms with Gasteiger partial charge < -0.3 is 4.74 Å². The van der Waals surface area contributed by atoms with Gasteiger partial charge in [0.1, 0.15) is 5.76 Å². The minimum absolute atomic E-state index is 0.667. The lowest BCUT2D eigenvalue weighted by molar-refractivity contribution is 0.358. The second kappa shape index (κ2) is 2.31. The van der Waals surface area contributed by atoms with Crippen molar-refractivity contribution >= 4 is 6.47 Å². The fourth-order valence-electron chi connectivity index (χ4n) is 0.557. The van der Waals surface area contributed by atoms with Gasteiger partial charge in [-0.05, 0) is 6.08 Å². The molecule has 41 valence electrons. The number of hydrogen-bond acceptors (Lipinski definition) is 2. The van der Waals surface area contributed by atoms with Crippen LogP contribution in [0.3, 0.4) is 0 Å². The Kier molecular flexibility index (Phi) is 1.47. The van der Waals surface area contributed by atoms with E-state index in [4.69, 9.17) is 0 Å². The van der Waals surface area contributed by atoms with Crippen molar-refractivity contribution < 1.29 is 9.53 Å². The predicted octanol–water partition coefficient (Wildman–Crippen LogP) is 0.914. The highest BCUT2D eigenvalue weighted by Crippen LogP contribution is 2.09. The second-order valence-electron chi connectivity index (χ2n) is 1.45. The summed E-state index contributed by atoms with van der Waals surface area (Å²) in [5.74, 6) is 0.667. The van der Waals surface area contributed by atoms with Gasteiger partial charge in [0.15, 0.2) is 0 Å². The van der Waals surface area contributed by atoms with Crippen molar-refractivity contribution in [3.8, 4) is 0 Å². The van der Waals surface area contributed by atoms with Crippen LogP contribution in [0.1, 0.15) is 6.42 Å². The Balaban J connectivity index is 2.39. The molecule has 2 nitrogen and oxygen atoms in total. The maximum atomic E-state index is 9.54. The second-order valence-corrected chi connectivity index (χ2v) is 1.45. The first-order valence-electron chi connectivity index (χ1n) is 2.33. The normalized spacial score (nSPS) is 15.8. The Labute approximate surface area is 47.5 Å². The van der Waals surface area contributed by atoms with Crippen LogP contribution in [0.4, 0.5) is 0 Å². The molecule has 0 saturated heterocycles. The minimum Gasteiger partial charge on any atom is -0.422 e. The third-order valence-electron chi connectivity index (χ3n) is 0.910. The van der Waals surface area contributed by atoms with Crippen LogP contribution in [0.2, 0.25) is 0 Å². The first-order chi connectivity index (χ1) is 3.93. The number of rotatable bonds is 2. The molecule has 0 N–H and O–H groups in total. The number of hydrogen-bond donors (Lipinski definition) is 0. The van der Waals surface area contributed by atoms with Crippen molar-refractivity contribution in [1.29, 1.82) is 0 Å². The first-order valence-corrected chi connectivity index (χ1v) is 2.33. The summed E-state index contributed by atoms with van der Waals surface area (Å²) < 4.78 is 4.40. The van der Waals surface area contributed by atoms with Gasteiger partial charge in [0, 0.05) is 6.42 Å². The number of allylic oxidation sites excluding steroid dienone is 3. The predicted molar refractivity (Wildman–Crippen MR) is 28.6 cm³/mol. The Morgan fingerprint density at radius 3 is 3.12 bits per heavy atom. The number of ether oxygens (including phenoxy) is 1. The Morgan fingerprint density at radius 1 is 1.75 bits per heavy atom. The van der Waals surface area contributed by atoms with Gasteiger partial charge >= 0.3 is 6.47 Å². The lowest BCUT2D eigenvalue weighted by Gasteiger charge is -1.90. The fourth-order valence-corrected chi connectivity index (χ4v) is 0.557. The van der Waals surface area contributed by atoms with Crippen LogP contribution in [-0.2, 0) is 9.53 Å². The van der Waals surface area contributed by atoms with Crippen LogP contribution >= 0.6 is 0 Å². The van der Waals surface area contributed by atoms with E-state index in [2.05, 4.69) is 4.74 Å². The van der Waals surface area contributed by atoms with Crippen molar-refractivity contribution in [2.45, 2.75) is 6.42 Å². The molecule has 0 amide bonds. The lowest BCUT2D eigenvalue weighted by Crippen LogP contribution is -1.83. The maximum Gasteiger partial charge on any atom is 0.422 e. The average Bonchev–Trinajstić information content (AvgIpc) is 2.19. The van der Waals surface area contributed by atoms with E-state index >= 15 is 0 Å². The van der Waals surface area contributed by atoms with Crippen LogP contribution in [-0.4, -0.2) is 6.47 Å². The molecule has 8 heavy (non-hydrogen) atoms. The molecule has 1 aliphatic carbocycles. The lowest BCUT2D eigenvalue weighted by atomic mass is 10.4. The van der Waals surface area contributed by atoms with E-state index in [1.54, 1.807) is 6.08 Å². The molecule has 0 unspecified atom stereocenters. The summed E-state index contributed by atoms with van der Waals surface area (Å²) in [7, 11) is 0. The highest BCUT2D eigenvalue weighted by atomic mass is 16.5. The molecule has 2 heteroatoms. The van der Waals surface area contributed by atoms with Crippen molar-refractivity contribution in [3.63, 3.8) is 0 Å². The van der Waals surface area contributed by atoms with E-state index in [-0.39, 0.29) is 0 Å². The summed E-state index contributed by atoms with van der Waals surface area (Å²) in [6.45, 7) is 1.35. The summed E-state index contributed by atoms with van der Waals surface area (Å²) >= 11 is 0. The molecule has 0 heterocycles. The molecule has 0 fully saturated rings. The summed E-state index contributed by atoms with van der Waals surface area (Å²) in [5.41, 5.74) is 0. The third-order valence-corrected chi connectivity index (χ3v) is 0.910. The Bertz CT molecular complexity index is 145. The van der Waals surface area contributed by atoms with Crippen molar-refractivity contribution in [2.75, 3.05) is 0 Å². The Hall–Kier alpha value is -1.05. The molecule has 0 aromatic carbocycles. The monoisotopic (exact) mass is 109 g/mol. The minimum atomic E-state index is 0.667. The van der Waals surface area contributed by atoms with Gasteiger partial charge in [-0.2, -0.15) is 0 Å². The molecule has 0 spiro atoms. The zero-order valence-electron chi connectivity index (χ0n) is 4.26. The standard InChI is InChI=1S/C6H5O2/c7-5-8-6-3-1-2-4-6/h1-3H,4H2. The molecule has 0 aromatic rings. The summed E-state index contributed by atoms with van der Waals surface area (Å²) in [4.78, 5) is 9.54. The van der Waals surface area contributed by atoms with Gasteiger partial charge in [-0.3, -0.25) is 0 Å². The summed E-state index contributed by atoms with van der Waals surface area (Å²) in [6.07, 6.45) is 6.21. The quantitative estimate of drug-likeness (QED) is 0.527. The first kappa shape index (κ1) is 5.09. The maximum absolute atomic E-state index is 9.54. The molecule has 0 aromatic heterocycles. The van der Waals surface area contributed by atoms with Gasteiger partial charge in [0.25, 0.3) is 0 Å². The van der Waals surface area contributed by atoms with Crippen LogP contribution in [0.15, 0.2) is 24.0 Å². The van der Waals surface area contributed by atoms with Gasteiger partial charge in [0.2, 0.25) is 0 Å². The topological polar surface area (TPSA) is 26.3 Å². The van der Waals surface area contributed by atoms with E-state index in [9.17, 15) is 4.79 Å². The van der Waals surface area contributed by atoms with Crippen LogP contribution in [0.25, 0.3) is 0 Å². The zero-order chi connectivity index (χ0) is 5.82. The van der Waals surface area contributed by atoms with Gasteiger partial charge in [-0.25, -0.2) is 4.79 Å². The smallest absolute Gasteiger partial charge is 0.422 e. The molecule has 0 saturated carbocycles. The molecule has 1 radical (unpaired) electrons. The average molecular weight is 109 g/mol. The summed E-state index contributed by atoms with van der Waals surface area (Å²) in [5, 5.41) is 0. The van der Waals surface area contributed by atoms with Crippen molar-refractivity contribution in [2.24, 2.45) is 0 Å². The molecule has 0 bridgehead atoms. The van der Waals surface area contributed by atoms with Gasteiger partial charge in [-0.15, -0.1) is 0 Å². The van der Waals surface area contributed by atoms with E-state index in [1.807, 2.05) is 12.2 Å². The van der Waals surface area contributed by atoms with Crippen molar-refractivity contribution in [1.82, 2.24) is 0 Å². The van der Waals surface area contributed by atoms with Crippen LogP contribution in [0, 0.1) is 0 Å². The molecular formula is C6H5O2. The molecule has 0 atom stereocenters. The van der Waals surface area contributed by atoms with E-state index in [0.717, 1.165) is 6.42 Å². The van der Waals surface area contributed by atoms with Gasteiger partial charge in [-0.1, -0.05) is 12.2 Å².